The number of hydrogen-bond acceptors (Lipinski definition) is 4. The Labute approximate surface area is 139 Å². The van der Waals surface area contributed by atoms with Crippen LogP contribution in [0.15, 0.2) is 48.8 Å². The Balaban J connectivity index is 0.00000121. The molecule has 3 aromatic rings. The molecule has 0 fully saturated rings. The van der Waals surface area contributed by atoms with Crippen molar-refractivity contribution in [3.05, 3.63) is 53.8 Å². The lowest BCUT2D eigenvalue weighted by Gasteiger charge is -2.09. The number of pyridine rings is 2. The second-order valence-electron chi connectivity index (χ2n) is 4.23. The minimum atomic E-state index is 0. The molecule has 2 heterocycles. The SMILES string of the molecule is COc1ccc(Nc2ccnc3cc(Cl)cnc23)cc1.Cl.O. The van der Waals surface area contributed by atoms with Crippen molar-refractivity contribution in [2.45, 2.75) is 0 Å². The average Bonchev–Trinajstić information content (AvgIpc) is 2.48. The maximum Gasteiger partial charge on any atom is 0.119 e. The molecule has 0 spiro atoms. The highest BCUT2D eigenvalue weighted by Crippen LogP contribution is 2.25. The maximum atomic E-state index is 5.93. The van der Waals surface area contributed by atoms with E-state index in [1.165, 1.54) is 0 Å². The van der Waals surface area contributed by atoms with Gasteiger partial charge in [-0.05, 0) is 36.4 Å². The first-order valence-corrected chi connectivity index (χ1v) is 6.45. The Morgan fingerprint density at radius 1 is 1.09 bits per heavy atom. The van der Waals surface area contributed by atoms with Crippen LogP contribution in [0.1, 0.15) is 0 Å². The van der Waals surface area contributed by atoms with Gasteiger partial charge in [0.15, 0.2) is 0 Å². The Hall–Kier alpha value is -2.08. The highest BCUT2D eigenvalue weighted by atomic mass is 35.5. The van der Waals surface area contributed by atoms with Crippen LogP contribution in [0.2, 0.25) is 5.02 Å². The average molecular weight is 340 g/mol. The Morgan fingerprint density at radius 3 is 2.50 bits per heavy atom. The molecule has 3 rings (SSSR count). The number of nitrogens with zero attached hydrogens (tertiary/aromatic N) is 2. The maximum absolute atomic E-state index is 5.93. The first-order chi connectivity index (χ1) is 9.76. The number of fused-ring (bicyclic) bond motifs is 1. The number of methoxy groups -OCH3 is 1. The van der Waals surface area contributed by atoms with Crippen molar-refractivity contribution in [2.75, 3.05) is 12.4 Å². The zero-order valence-corrected chi connectivity index (χ0v) is 13.3. The Bertz CT molecular complexity index is 751. The summed E-state index contributed by atoms with van der Waals surface area (Å²) >= 11 is 5.93. The molecule has 0 atom stereocenters. The first-order valence-electron chi connectivity index (χ1n) is 6.07. The van der Waals surface area contributed by atoms with E-state index < -0.39 is 0 Å². The van der Waals surface area contributed by atoms with Gasteiger partial charge in [-0.25, -0.2) is 0 Å². The predicted octanol–water partition coefficient (Wildman–Crippen LogP) is 3.63. The molecule has 1 aromatic carbocycles. The van der Waals surface area contributed by atoms with Gasteiger partial charge >= 0.3 is 0 Å². The molecule has 0 aliphatic carbocycles. The lowest BCUT2D eigenvalue weighted by molar-refractivity contribution is 0.415. The van der Waals surface area contributed by atoms with Gasteiger partial charge in [-0.3, -0.25) is 9.97 Å². The normalized spacial score (nSPS) is 9.55. The quantitative estimate of drug-likeness (QED) is 0.790. The molecular formula is C15H15Cl2N3O2. The van der Waals surface area contributed by atoms with Crippen LogP contribution in [0.5, 0.6) is 5.75 Å². The first kappa shape index (κ1) is 18.0. The van der Waals surface area contributed by atoms with E-state index in [4.69, 9.17) is 16.3 Å². The van der Waals surface area contributed by atoms with Crippen LogP contribution in [0, 0.1) is 0 Å². The number of aromatic nitrogens is 2. The van der Waals surface area contributed by atoms with E-state index in [0.29, 0.717) is 5.02 Å². The topological polar surface area (TPSA) is 78.5 Å². The third-order valence-electron chi connectivity index (χ3n) is 2.91. The molecule has 0 bridgehead atoms. The third kappa shape index (κ3) is 3.76. The van der Waals surface area contributed by atoms with Crippen LogP contribution in [-0.2, 0) is 0 Å². The van der Waals surface area contributed by atoms with Crippen LogP contribution in [0.3, 0.4) is 0 Å². The Kier molecular flexibility index (Phi) is 6.37. The van der Waals surface area contributed by atoms with Crippen molar-refractivity contribution in [3.8, 4) is 5.75 Å². The van der Waals surface area contributed by atoms with Crippen molar-refractivity contribution < 1.29 is 10.2 Å². The molecule has 0 radical (unpaired) electrons. The molecule has 0 saturated carbocycles. The summed E-state index contributed by atoms with van der Waals surface area (Å²) in [5, 5.41) is 3.89. The van der Waals surface area contributed by atoms with Crippen LogP contribution in [-0.4, -0.2) is 22.6 Å². The van der Waals surface area contributed by atoms with Gasteiger partial charge in [0, 0.05) is 18.1 Å². The number of halogens is 2. The molecule has 5 nitrogen and oxygen atoms in total. The summed E-state index contributed by atoms with van der Waals surface area (Å²) in [5.41, 5.74) is 3.38. The molecule has 0 aliphatic heterocycles. The van der Waals surface area contributed by atoms with Crippen LogP contribution in [0.25, 0.3) is 11.0 Å². The summed E-state index contributed by atoms with van der Waals surface area (Å²) in [6.45, 7) is 0. The Morgan fingerprint density at radius 2 is 1.82 bits per heavy atom. The van der Waals surface area contributed by atoms with Gasteiger partial charge in [0.05, 0.1) is 23.3 Å². The molecule has 3 N–H and O–H groups in total. The van der Waals surface area contributed by atoms with Gasteiger partial charge in [-0.15, -0.1) is 12.4 Å². The number of anilines is 2. The van der Waals surface area contributed by atoms with E-state index in [-0.39, 0.29) is 17.9 Å². The summed E-state index contributed by atoms with van der Waals surface area (Å²) < 4.78 is 5.14. The van der Waals surface area contributed by atoms with Gasteiger partial charge in [0.25, 0.3) is 0 Å². The van der Waals surface area contributed by atoms with Gasteiger partial charge in [-0.2, -0.15) is 0 Å². The molecule has 0 amide bonds. The highest BCUT2D eigenvalue weighted by molar-refractivity contribution is 6.31. The van der Waals surface area contributed by atoms with Gasteiger partial charge < -0.3 is 15.5 Å². The van der Waals surface area contributed by atoms with Crippen LogP contribution < -0.4 is 10.1 Å². The molecule has 7 heteroatoms. The summed E-state index contributed by atoms with van der Waals surface area (Å²) in [6, 6.07) is 11.4. The monoisotopic (exact) mass is 339 g/mol. The summed E-state index contributed by atoms with van der Waals surface area (Å²) in [5.74, 6) is 0.819. The fraction of sp³-hybridized carbons (Fsp3) is 0.0667. The number of rotatable bonds is 3. The minimum absolute atomic E-state index is 0. The fourth-order valence-electron chi connectivity index (χ4n) is 1.94. The number of hydrogen-bond donors (Lipinski definition) is 1. The van der Waals surface area contributed by atoms with E-state index in [0.717, 1.165) is 28.2 Å². The van der Waals surface area contributed by atoms with E-state index in [9.17, 15) is 0 Å². The van der Waals surface area contributed by atoms with Crippen molar-refractivity contribution in [3.63, 3.8) is 0 Å². The van der Waals surface area contributed by atoms with Crippen LogP contribution in [0.4, 0.5) is 11.4 Å². The van der Waals surface area contributed by atoms with Crippen molar-refractivity contribution in [1.29, 1.82) is 0 Å². The second-order valence-corrected chi connectivity index (χ2v) is 4.67. The van der Waals surface area contributed by atoms with E-state index in [1.807, 2.05) is 30.3 Å². The minimum Gasteiger partial charge on any atom is -0.497 e. The summed E-state index contributed by atoms with van der Waals surface area (Å²) in [4.78, 5) is 8.59. The standard InChI is InChI=1S/C15H12ClN3O.ClH.H2O/c1-20-12-4-2-11(3-5-12)19-13-6-7-17-14-8-10(16)9-18-15(13)14;;/h2-9H,1H3,(H,17,19);1H;1H2. The summed E-state index contributed by atoms with van der Waals surface area (Å²) in [7, 11) is 1.65. The number of ether oxygens (including phenoxy) is 1. The number of benzene rings is 1. The van der Waals surface area contributed by atoms with Crippen LogP contribution >= 0.6 is 24.0 Å². The van der Waals surface area contributed by atoms with E-state index in [1.54, 1.807) is 25.6 Å². The van der Waals surface area contributed by atoms with Crippen molar-refractivity contribution >= 4 is 46.4 Å². The lowest BCUT2D eigenvalue weighted by atomic mass is 10.2. The second kappa shape index (κ2) is 7.79. The van der Waals surface area contributed by atoms with Crippen molar-refractivity contribution in [1.82, 2.24) is 9.97 Å². The van der Waals surface area contributed by atoms with Gasteiger partial charge in [0.2, 0.25) is 0 Å². The molecular weight excluding hydrogens is 325 g/mol. The molecule has 0 aliphatic rings. The zero-order chi connectivity index (χ0) is 13.9. The van der Waals surface area contributed by atoms with E-state index in [2.05, 4.69) is 15.3 Å². The predicted molar refractivity (Wildman–Crippen MR) is 91.7 cm³/mol. The zero-order valence-electron chi connectivity index (χ0n) is 11.7. The molecule has 116 valence electrons. The molecule has 2 aromatic heterocycles. The number of nitrogens with one attached hydrogen (secondary N) is 1. The van der Waals surface area contributed by atoms with Crippen molar-refractivity contribution in [2.24, 2.45) is 0 Å². The lowest BCUT2D eigenvalue weighted by Crippen LogP contribution is -1.94. The molecule has 0 saturated heterocycles. The summed E-state index contributed by atoms with van der Waals surface area (Å²) in [6.07, 6.45) is 3.34. The largest absolute Gasteiger partial charge is 0.497 e. The van der Waals surface area contributed by atoms with Gasteiger partial charge in [0.1, 0.15) is 11.3 Å². The molecule has 22 heavy (non-hydrogen) atoms. The van der Waals surface area contributed by atoms with Gasteiger partial charge in [-0.1, -0.05) is 11.6 Å². The fourth-order valence-corrected chi connectivity index (χ4v) is 2.09. The molecule has 0 unspecified atom stereocenters. The third-order valence-corrected chi connectivity index (χ3v) is 3.12. The van der Waals surface area contributed by atoms with E-state index >= 15 is 0 Å². The highest BCUT2D eigenvalue weighted by Gasteiger charge is 2.04. The smallest absolute Gasteiger partial charge is 0.119 e.